The summed E-state index contributed by atoms with van der Waals surface area (Å²) >= 11 is 0. The second kappa shape index (κ2) is 7.66. The Bertz CT molecular complexity index is 371. The van der Waals surface area contributed by atoms with Crippen molar-refractivity contribution in [1.29, 1.82) is 5.26 Å². The summed E-state index contributed by atoms with van der Waals surface area (Å²) in [5.41, 5.74) is 1.08. The maximum absolute atomic E-state index is 8.50. The monoisotopic (exact) mass is 233 g/mol. The quantitative estimate of drug-likeness (QED) is 0.720. The third-order valence-corrected chi connectivity index (χ3v) is 2.32. The molecule has 1 aromatic carbocycles. The Labute approximate surface area is 103 Å². The summed E-state index contributed by atoms with van der Waals surface area (Å²) in [4.78, 5) is 2.13. The fraction of sp³-hybridized carbons (Fsp3) is 0.462. The van der Waals surface area contributed by atoms with Gasteiger partial charge < -0.3 is 15.0 Å². The van der Waals surface area contributed by atoms with Gasteiger partial charge in [0.05, 0.1) is 0 Å². The summed E-state index contributed by atoms with van der Waals surface area (Å²) in [5.74, 6) is 0.784. The van der Waals surface area contributed by atoms with Crippen LogP contribution < -0.4 is 10.1 Å². The molecule has 0 amide bonds. The number of para-hydroxylation sites is 1. The maximum Gasteiger partial charge on any atom is 0.174 e. The fourth-order valence-corrected chi connectivity index (χ4v) is 1.43. The molecule has 0 bridgehead atoms. The zero-order valence-electron chi connectivity index (χ0n) is 10.4. The van der Waals surface area contributed by atoms with Crippen LogP contribution in [-0.4, -0.2) is 38.7 Å². The van der Waals surface area contributed by atoms with E-state index in [4.69, 9.17) is 10.00 Å². The molecule has 0 unspecified atom stereocenters. The smallest absolute Gasteiger partial charge is 0.174 e. The maximum atomic E-state index is 8.50. The van der Waals surface area contributed by atoms with Crippen LogP contribution in [0.4, 0.5) is 0 Å². The van der Waals surface area contributed by atoms with Gasteiger partial charge in [-0.25, -0.2) is 0 Å². The first-order valence-electron chi connectivity index (χ1n) is 5.67. The van der Waals surface area contributed by atoms with Gasteiger partial charge in [-0.3, -0.25) is 0 Å². The molecular formula is C13H19N3O. The van der Waals surface area contributed by atoms with E-state index in [2.05, 4.69) is 10.2 Å². The molecule has 92 valence electrons. The van der Waals surface area contributed by atoms with Crippen molar-refractivity contribution in [2.45, 2.75) is 6.54 Å². The van der Waals surface area contributed by atoms with Crippen molar-refractivity contribution >= 4 is 0 Å². The molecule has 4 heteroatoms. The van der Waals surface area contributed by atoms with Crippen molar-refractivity contribution in [3.8, 4) is 11.8 Å². The van der Waals surface area contributed by atoms with E-state index < -0.39 is 0 Å². The molecule has 1 aromatic rings. The Morgan fingerprint density at radius 1 is 1.35 bits per heavy atom. The predicted octanol–water partition coefficient (Wildman–Crippen LogP) is 1.24. The predicted molar refractivity (Wildman–Crippen MR) is 67.8 cm³/mol. The Balaban J connectivity index is 2.43. The summed E-state index contributed by atoms with van der Waals surface area (Å²) in [6, 6.07) is 9.76. The number of hydrogen-bond acceptors (Lipinski definition) is 4. The Morgan fingerprint density at radius 3 is 2.82 bits per heavy atom. The zero-order valence-corrected chi connectivity index (χ0v) is 10.4. The number of nitriles is 1. The fourth-order valence-electron chi connectivity index (χ4n) is 1.43. The molecule has 0 saturated heterocycles. The molecule has 0 radical (unpaired) electrons. The minimum Gasteiger partial charge on any atom is -0.478 e. The molecule has 0 fully saturated rings. The Morgan fingerprint density at radius 2 is 2.12 bits per heavy atom. The SMILES string of the molecule is CN(C)CCNCc1ccccc1OCC#N. The highest BCUT2D eigenvalue weighted by molar-refractivity contribution is 5.33. The van der Waals surface area contributed by atoms with Gasteiger partial charge in [0.2, 0.25) is 0 Å². The molecule has 0 spiro atoms. The highest BCUT2D eigenvalue weighted by atomic mass is 16.5. The number of rotatable bonds is 7. The van der Waals surface area contributed by atoms with E-state index in [0.717, 1.165) is 30.9 Å². The molecule has 4 nitrogen and oxygen atoms in total. The van der Waals surface area contributed by atoms with Gasteiger partial charge in [-0.2, -0.15) is 5.26 Å². The standard InChI is InChI=1S/C13H19N3O/c1-16(2)9-8-15-11-12-5-3-4-6-13(12)17-10-7-14/h3-6,15H,8-11H2,1-2H3. The van der Waals surface area contributed by atoms with Crippen molar-refractivity contribution in [3.63, 3.8) is 0 Å². The first kappa shape index (κ1) is 13.5. The van der Waals surface area contributed by atoms with Gasteiger partial charge in [0.1, 0.15) is 11.8 Å². The van der Waals surface area contributed by atoms with Crippen LogP contribution in [0.5, 0.6) is 5.75 Å². The van der Waals surface area contributed by atoms with Gasteiger partial charge in [-0.05, 0) is 20.2 Å². The number of nitrogens with one attached hydrogen (secondary N) is 1. The molecule has 0 heterocycles. The van der Waals surface area contributed by atoms with Gasteiger partial charge in [0.25, 0.3) is 0 Å². The molecular weight excluding hydrogens is 214 g/mol. The summed E-state index contributed by atoms with van der Waals surface area (Å²) in [7, 11) is 4.09. The molecule has 0 saturated carbocycles. The number of nitrogens with zero attached hydrogens (tertiary/aromatic N) is 2. The third kappa shape index (κ3) is 5.34. The molecule has 0 atom stereocenters. The highest BCUT2D eigenvalue weighted by Crippen LogP contribution is 2.17. The van der Waals surface area contributed by atoms with Crippen LogP contribution in [0.15, 0.2) is 24.3 Å². The summed E-state index contributed by atoms with van der Waals surface area (Å²) < 4.78 is 5.35. The molecule has 1 N–H and O–H groups in total. The van der Waals surface area contributed by atoms with E-state index in [1.807, 2.05) is 44.4 Å². The van der Waals surface area contributed by atoms with E-state index in [9.17, 15) is 0 Å². The lowest BCUT2D eigenvalue weighted by molar-refractivity contribution is 0.361. The first-order chi connectivity index (χ1) is 8.24. The summed E-state index contributed by atoms with van der Waals surface area (Å²) in [5, 5.41) is 11.8. The average Bonchev–Trinajstić information content (AvgIpc) is 2.33. The number of ether oxygens (including phenoxy) is 1. The van der Waals surface area contributed by atoms with Crippen molar-refractivity contribution in [1.82, 2.24) is 10.2 Å². The van der Waals surface area contributed by atoms with Crippen LogP contribution in [0.1, 0.15) is 5.56 Å². The highest BCUT2D eigenvalue weighted by Gasteiger charge is 2.01. The van der Waals surface area contributed by atoms with Crippen LogP contribution in [0, 0.1) is 11.3 Å². The molecule has 0 aliphatic rings. The van der Waals surface area contributed by atoms with Crippen LogP contribution in [0.3, 0.4) is 0 Å². The summed E-state index contributed by atoms with van der Waals surface area (Å²) in [6.45, 7) is 2.78. The average molecular weight is 233 g/mol. The van der Waals surface area contributed by atoms with E-state index >= 15 is 0 Å². The van der Waals surface area contributed by atoms with Crippen molar-refractivity contribution < 1.29 is 4.74 Å². The van der Waals surface area contributed by atoms with Gasteiger partial charge in [0.15, 0.2) is 6.61 Å². The van der Waals surface area contributed by atoms with E-state index in [0.29, 0.717) is 0 Å². The van der Waals surface area contributed by atoms with Crippen LogP contribution in [0.25, 0.3) is 0 Å². The zero-order chi connectivity index (χ0) is 12.5. The first-order valence-corrected chi connectivity index (χ1v) is 5.67. The van der Waals surface area contributed by atoms with Gasteiger partial charge in [-0.1, -0.05) is 18.2 Å². The lowest BCUT2D eigenvalue weighted by Crippen LogP contribution is -2.26. The number of hydrogen-bond donors (Lipinski definition) is 1. The topological polar surface area (TPSA) is 48.3 Å². The second-order valence-electron chi connectivity index (χ2n) is 4.03. The number of benzene rings is 1. The number of likely N-dealkylation sites (N-methyl/N-ethyl adjacent to an activating group) is 1. The van der Waals surface area contributed by atoms with Crippen molar-refractivity contribution in [2.24, 2.45) is 0 Å². The van der Waals surface area contributed by atoms with Crippen LogP contribution in [0.2, 0.25) is 0 Å². The minimum absolute atomic E-state index is 0.0920. The van der Waals surface area contributed by atoms with E-state index in [1.54, 1.807) is 0 Å². The van der Waals surface area contributed by atoms with Crippen LogP contribution in [-0.2, 0) is 6.54 Å². The van der Waals surface area contributed by atoms with Gasteiger partial charge in [-0.15, -0.1) is 0 Å². The van der Waals surface area contributed by atoms with E-state index in [1.165, 1.54) is 0 Å². The normalized spacial score (nSPS) is 10.2. The third-order valence-electron chi connectivity index (χ3n) is 2.32. The lowest BCUT2D eigenvalue weighted by Gasteiger charge is -2.12. The van der Waals surface area contributed by atoms with Crippen molar-refractivity contribution in [2.75, 3.05) is 33.8 Å². The van der Waals surface area contributed by atoms with Gasteiger partial charge >= 0.3 is 0 Å². The summed E-state index contributed by atoms with van der Waals surface area (Å²) in [6.07, 6.45) is 0. The molecule has 0 aromatic heterocycles. The Kier molecular flexibility index (Phi) is 6.08. The molecule has 0 aliphatic carbocycles. The minimum atomic E-state index is 0.0920. The largest absolute Gasteiger partial charge is 0.478 e. The van der Waals surface area contributed by atoms with Crippen molar-refractivity contribution in [3.05, 3.63) is 29.8 Å². The Hall–Kier alpha value is -1.57. The van der Waals surface area contributed by atoms with E-state index in [-0.39, 0.29) is 6.61 Å². The van der Waals surface area contributed by atoms with Gasteiger partial charge in [0, 0.05) is 25.2 Å². The second-order valence-corrected chi connectivity index (χ2v) is 4.03. The molecule has 0 aliphatic heterocycles. The molecule has 17 heavy (non-hydrogen) atoms. The van der Waals surface area contributed by atoms with Crippen LogP contribution >= 0.6 is 0 Å². The lowest BCUT2D eigenvalue weighted by atomic mass is 10.2. The molecule has 1 rings (SSSR count).